The molecule has 2 rings (SSSR count). The number of amides is 3. The summed E-state index contributed by atoms with van der Waals surface area (Å²) < 4.78 is 10.9. The lowest BCUT2D eigenvalue weighted by molar-refractivity contribution is -0.159. The molecule has 0 aromatic heterocycles. The number of hydrogen-bond donors (Lipinski definition) is 3. The van der Waals surface area contributed by atoms with Crippen LogP contribution in [-0.2, 0) is 30.3 Å². The predicted octanol–water partition coefficient (Wildman–Crippen LogP) is 3.97. The summed E-state index contributed by atoms with van der Waals surface area (Å²) >= 11 is 4.23. The fourth-order valence-electron chi connectivity index (χ4n) is 3.98. The Morgan fingerprint density at radius 1 is 0.857 bits per heavy atom. The molecule has 2 aromatic carbocycles. The Morgan fingerprint density at radius 2 is 1.40 bits per heavy atom. The quantitative estimate of drug-likeness (QED) is 0.203. The number of nitriles is 1. The summed E-state index contributed by atoms with van der Waals surface area (Å²) in [6, 6.07) is 15.8. The zero-order chi connectivity index (χ0) is 31.5. The molecular weight excluding hydrogens is 556 g/mol. The van der Waals surface area contributed by atoms with E-state index in [0.29, 0.717) is 5.56 Å². The predicted molar refractivity (Wildman–Crippen MR) is 161 cm³/mol. The molecule has 0 aliphatic heterocycles. The first-order valence-corrected chi connectivity index (χ1v) is 14.2. The minimum atomic E-state index is -1.32. The van der Waals surface area contributed by atoms with E-state index in [1.165, 1.54) is 0 Å². The van der Waals surface area contributed by atoms with E-state index >= 15 is 0 Å². The molecule has 0 spiro atoms. The van der Waals surface area contributed by atoms with Crippen molar-refractivity contribution in [2.45, 2.75) is 77.3 Å². The highest BCUT2D eigenvalue weighted by Crippen LogP contribution is 2.23. The van der Waals surface area contributed by atoms with Crippen molar-refractivity contribution in [1.29, 1.82) is 5.26 Å². The third kappa shape index (κ3) is 11.1. The van der Waals surface area contributed by atoms with Crippen LogP contribution in [0.15, 0.2) is 60.7 Å². The summed E-state index contributed by atoms with van der Waals surface area (Å²) in [7, 11) is 0. The number of nitrogens with one attached hydrogen (secondary N) is 2. The molecule has 0 fully saturated rings. The van der Waals surface area contributed by atoms with E-state index in [-0.39, 0.29) is 12.2 Å². The van der Waals surface area contributed by atoms with Gasteiger partial charge in [0.2, 0.25) is 11.8 Å². The van der Waals surface area contributed by atoms with Crippen LogP contribution < -0.4 is 10.6 Å². The standard InChI is InChI=1S/C31H40N4O6S/c1-30(2,3)40-28(38)23(19-21-13-9-7-10-14-21)33-26(36)25(22-15-11-8-12-16-22)35(18-17-32)27(37)24(20-42)34-29(39)41-31(4,5)6/h7-16,23-25,42H,18-20H2,1-6H3,(H,33,36)(H,34,39). The van der Waals surface area contributed by atoms with E-state index in [1.54, 1.807) is 71.9 Å². The Morgan fingerprint density at radius 3 is 1.90 bits per heavy atom. The topological polar surface area (TPSA) is 138 Å². The van der Waals surface area contributed by atoms with Crippen LogP contribution in [0.4, 0.5) is 4.79 Å². The number of esters is 1. The van der Waals surface area contributed by atoms with Gasteiger partial charge in [-0.2, -0.15) is 17.9 Å². The number of thiol groups is 1. The Kier molecular flexibility index (Phi) is 12.4. The second kappa shape index (κ2) is 15.3. The summed E-state index contributed by atoms with van der Waals surface area (Å²) in [5.41, 5.74) is -0.448. The lowest BCUT2D eigenvalue weighted by Crippen LogP contribution is -2.55. The molecule has 3 amide bonds. The second-order valence-electron chi connectivity index (χ2n) is 11.6. The fraction of sp³-hybridized carbons (Fsp3) is 0.452. The van der Waals surface area contributed by atoms with Gasteiger partial charge in [0.05, 0.1) is 6.07 Å². The summed E-state index contributed by atoms with van der Waals surface area (Å²) in [6.07, 6.45) is -0.713. The second-order valence-corrected chi connectivity index (χ2v) is 12.0. The lowest BCUT2D eigenvalue weighted by atomic mass is 10.0. The van der Waals surface area contributed by atoms with E-state index in [1.807, 2.05) is 36.4 Å². The van der Waals surface area contributed by atoms with Gasteiger partial charge < -0.3 is 25.0 Å². The van der Waals surface area contributed by atoms with Crippen LogP contribution in [0.1, 0.15) is 58.7 Å². The van der Waals surface area contributed by atoms with Gasteiger partial charge >= 0.3 is 12.1 Å². The van der Waals surface area contributed by atoms with Gasteiger partial charge in [0.15, 0.2) is 0 Å². The van der Waals surface area contributed by atoms with E-state index in [9.17, 15) is 24.4 Å². The molecule has 42 heavy (non-hydrogen) atoms. The molecule has 0 radical (unpaired) electrons. The van der Waals surface area contributed by atoms with Crippen molar-refractivity contribution in [1.82, 2.24) is 15.5 Å². The zero-order valence-electron chi connectivity index (χ0n) is 24.9. The first kappa shape index (κ1) is 34.2. The van der Waals surface area contributed by atoms with E-state index in [4.69, 9.17) is 9.47 Å². The molecule has 2 aromatic rings. The van der Waals surface area contributed by atoms with E-state index in [2.05, 4.69) is 23.3 Å². The van der Waals surface area contributed by atoms with Crippen LogP contribution in [0, 0.1) is 11.3 Å². The monoisotopic (exact) mass is 596 g/mol. The molecule has 0 bridgehead atoms. The lowest BCUT2D eigenvalue weighted by Gasteiger charge is -2.33. The van der Waals surface area contributed by atoms with E-state index in [0.717, 1.165) is 10.5 Å². The number of benzene rings is 2. The molecule has 0 saturated carbocycles. The van der Waals surface area contributed by atoms with E-state index < -0.39 is 59.7 Å². The van der Waals surface area contributed by atoms with Gasteiger partial charge in [0, 0.05) is 12.2 Å². The average Bonchev–Trinajstić information content (AvgIpc) is 2.90. The first-order valence-electron chi connectivity index (χ1n) is 13.5. The number of nitrogens with zero attached hydrogens (tertiary/aromatic N) is 2. The number of carbonyl (C=O) groups is 4. The van der Waals surface area contributed by atoms with Gasteiger partial charge in [-0.05, 0) is 52.7 Å². The van der Waals surface area contributed by atoms with Crippen LogP contribution in [0.2, 0.25) is 0 Å². The summed E-state index contributed by atoms with van der Waals surface area (Å²) in [5, 5.41) is 14.9. The van der Waals surface area contributed by atoms with Gasteiger partial charge in [-0.25, -0.2) is 9.59 Å². The molecule has 0 aliphatic rings. The SMILES string of the molecule is CC(C)(C)OC(=O)NC(CS)C(=O)N(CC#N)C(C(=O)NC(Cc1ccccc1)C(=O)OC(C)(C)C)c1ccccc1. The van der Waals surface area contributed by atoms with Crippen LogP contribution in [0.25, 0.3) is 0 Å². The number of hydrogen-bond acceptors (Lipinski definition) is 8. The highest BCUT2D eigenvalue weighted by Gasteiger charge is 2.38. The van der Waals surface area contributed by atoms with Crippen LogP contribution in [-0.4, -0.2) is 64.4 Å². The molecule has 0 heterocycles. The minimum absolute atomic E-state index is 0.127. The Bertz CT molecular complexity index is 1250. The van der Waals surface area contributed by atoms with Crippen molar-refractivity contribution >= 4 is 36.5 Å². The molecule has 2 N–H and O–H groups in total. The highest BCUT2D eigenvalue weighted by atomic mass is 32.1. The van der Waals surface area contributed by atoms with Crippen molar-refractivity contribution in [3.8, 4) is 6.07 Å². The summed E-state index contributed by atoms with van der Waals surface area (Å²) in [5.74, 6) is -2.20. The molecular formula is C31H40N4O6S. The summed E-state index contributed by atoms with van der Waals surface area (Å²) in [6.45, 7) is 9.72. The average molecular weight is 597 g/mol. The van der Waals surface area contributed by atoms with Crippen molar-refractivity contribution in [2.75, 3.05) is 12.3 Å². The highest BCUT2D eigenvalue weighted by molar-refractivity contribution is 7.80. The molecule has 3 atom stereocenters. The van der Waals surface area contributed by atoms with Crippen molar-refractivity contribution < 1.29 is 28.7 Å². The van der Waals surface area contributed by atoms with Gasteiger partial charge in [-0.3, -0.25) is 9.59 Å². The molecule has 11 heteroatoms. The fourth-order valence-corrected chi connectivity index (χ4v) is 4.23. The minimum Gasteiger partial charge on any atom is -0.458 e. The van der Waals surface area contributed by atoms with Crippen LogP contribution in [0.3, 0.4) is 0 Å². The molecule has 0 saturated heterocycles. The third-order valence-corrected chi connectivity index (χ3v) is 6.03. The van der Waals surface area contributed by atoms with Gasteiger partial charge in [0.1, 0.15) is 35.9 Å². The largest absolute Gasteiger partial charge is 0.458 e. The van der Waals surface area contributed by atoms with Crippen molar-refractivity contribution in [3.63, 3.8) is 0 Å². The maximum atomic E-state index is 14.0. The van der Waals surface area contributed by atoms with Gasteiger partial charge in [-0.1, -0.05) is 60.7 Å². The maximum Gasteiger partial charge on any atom is 0.408 e. The Balaban J connectivity index is 2.48. The Labute approximate surface area is 253 Å². The maximum absolute atomic E-state index is 14.0. The molecule has 10 nitrogen and oxygen atoms in total. The third-order valence-electron chi connectivity index (χ3n) is 5.66. The van der Waals surface area contributed by atoms with Gasteiger partial charge in [-0.15, -0.1) is 0 Å². The number of alkyl carbamates (subject to hydrolysis) is 1. The molecule has 226 valence electrons. The van der Waals surface area contributed by atoms with Crippen LogP contribution in [0.5, 0.6) is 0 Å². The smallest absolute Gasteiger partial charge is 0.408 e. The summed E-state index contributed by atoms with van der Waals surface area (Å²) in [4.78, 5) is 54.5. The number of ether oxygens (including phenoxy) is 2. The number of rotatable bonds is 11. The van der Waals surface area contributed by atoms with Crippen molar-refractivity contribution in [2.24, 2.45) is 0 Å². The number of carbonyl (C=O) groups excluding carboxylic acids is 4. The normalized spacial score (nSPS) is 13.5. The molecule has 3 unspecified atom stereocenters. The zero-order valence-corrected chi connectivity index (χ0v) is 25.8. The van der Waals surface area contributed by atoms with Crippen LogP contribution >= 0.6 is 12.6 Å². The first-order chi connectivity index (χ1) is 19.6. The molecule has 0 aliphatic carbocycles. The van der Waals surface area contributed by atoms with Gasteiger partial charge in [0.25, 0.3) is 0 Å². The Hall–Kier alpha value is -4.04. The van der Waals surface area contributed by atoms with Crippen molar-refractivity contribution in [3.05, 3.63) is 71.8 Å².